The van der Waals surface area contributed by atoms with Crippen molar-refractivity contribution in [2.45, 2.75) is 18.8 Å². The molecule has 8 heteroatoms. The number of aromatic nitrogens is 2. The maximum Gasteiger partial charge on any atom is 0.276 e. The van der Waals surface area contributed by atoms with Crippen LogP contribution in [0.2, 0.25) is 0 Å². The van der Waals surface area contributed by atoms with Gasteiger partial charge in [0, 0.05) is 37.3 Å². The minimum absolute atomic E-state index is 0.00902. The summed E-state index contributed by atoms with van der Waals surface area (Å²) in [5, 5.41) is 3.86. The van der Waals surface area contributed by atoms with Gasteiger partial charge in [-0.3, -0.25) is 9.59 Å². The maximum absolute atomic E-state index is 12.5. The lowest BCUT2D eigenvalue weighted by molar-refractivity contribution is -0.120. The molecule has 8 nitrogen and oxygen atoms in total. The number of carbonyl (C=O) groups excluding carboxylic acids is 2. The molecule has 2 amide bonds. The van der Waals surface area contributed by atoms with E-state index in [0.717, 1.165) is 18.6 Å². The van der Waals surface area contributed by atoms with Crippen molar-refractivity contribution in [2.24, 2.45) is 0 Å². The Labute approximate surface area is 144 Å². The predicted molar refractivity (Wildman–Crippen MR) is 87.5 cm³/mol. The van der Waals surface area contributed by atoms with Crippen LogP contribution < -0.4 is 9.64 Å². The summed E-state index contributed by atoms with van der Waals surface area (Å²) in [5.41, 5.74) is 0.982. The SMILES string of the molecule is COc1cc(N2CCN(C(=O)c3cc(C4CC4)on3)CC2=O)ccn1. The fraction of sp³-hybridized carbons (Fsp3) is 0.412. The summed E-state index contributed by atoms with van der Waals surface area (Å²) in [6.45, 7) is 0.848. The van der Waals surface area contributed by atoms with Gasteiger partial charge in [0.1, 0.15) is 12.3 Å². The molecule has 1 aliphatic carbocycles. The Kier molecular flexibility index (Phi) is 3.87. The highest BCUT2D eigenvalue weighted by Crippen LogP contribution is 2.40. The lowest BCUT2D eigenvalue weighted by Crippen LogP contribution is -2.52. The topological polar surface area (TPSA) is 88.8 Å². The van der Waals surface area contributed by atoms with Gasteiger partial charge in [-0.2, -0.15) is 0 Å². The third kappa shape index (κ3) is 3.07. The third-order valence-corrected chi connectivity index (χ3v) is 4.47. The number of rotatable bonds is 4. The Balaban J connectivity index is 1.45. The second-order valence-corrected chi connectivity index (χ2v) is 6.22. The fourth-order valence-electron chi connectivity index (χ4n) is 2.91. The molecule has 1 saturated carbocycles. The van der Waals surface area contributed by atoms with Crippen molar-refractivity contribution in [3.8, 4) is 5.88 Å². The van der Waals surface area contributed by atoms with E-state index < -0.39 is 0 Å². The van der Waals surface area contributed by atoms with E-state index >= 15 is 0 Å². The van der Waals surface area contributed by atoms with Gasteiger partial charge in [0.25, 0.3) is 5.91 Å². The molecule has 3 heterocycles. The van der Waals surface area contributed by atoms with Crippen molar-refractivity contribution < 1.29 is 18.8 Å². The molecule has 2 fully saturated rings. The zero-order valence-electron chi connectivity index (χ0n) is 13.8. The van der Waals surface area contributed by atoms with E-state index in [2.05, 4.69) is 10.1 Å². The van der Waals surface area contributed by atoms with Gasteiger partial charge in [-0.25, -0.2) is 4.98 Å². The number of pyridine rings is 1. The molecule has 2 aliphatic rings. The number of nitrogens with zero attached hydrogens (tertiary/aromatic N) is 4. The summed E-state index contributed by atoms with van der Waals surface area (Å²) in [7, 11) is 1.53. The smallest absolute Gasteiger partial charge is 0.276 e. The van der Waals surface area contributed by atoms with Crippen molar-refractivity contribution in [3.63, 3.8) is 0 Å². The van der Waals surface area contributed by atoms with Crippen LogP contribution in [-0.4, -0.2) is 53.6 Å². The molecule has 0 aromatic carbocycles. The molecule has 130 valence electrons. The maximum atomic E-state index is 12.5. The molecule has 25 heavy (non-hydrogen) atoms. The summed E-state index contributed by atoms with van der Waals surface area (Å²) in [6.07, 6.45) is 3.75. The largest absolute Gasteiger partial charge is 0.481 e. The van der Waals surface area contributed by atoms with Gasteiger partial charge in [0.05, 0.1) is 12.8 Å². The Morgan fingerprint density at radius 1 is 1.32 bits per heavy atom. The van der Waals surface area contributed by atoms with Gasteiger partial charge < -0.3 is 19.1 Å². The molecular weight excluding hydrogens is 324 g/mol. The van der Waals surface area contributed by atoms with Gasteiger partial charge in [-0.15, -0.1) is 0 Å². The number of carbonyl (C=O) groups is 2. The van der Waals surface area contributed by atoms with Gasteiger partial charge >= 0.3 is 0 Å². The number of anilines is 1. The molecule has 1 saturated heterocycles. The van der Waals surface area contributed by atoms with Crippen LogP contribution in [0.25, 0.3) is 0 Å². The molecule has 0 spiro atoms. The molecule has 1 aliphatic heterocycles. The number of amides is 2. The summed E-state index contributed by atoms with van der Waals surface area (Å²) in [4.78, 5) is 32.2. The van der Waals surface area contributed by atoms with Crippen LogP contribution in [0.3, 0.4) is 0 Å². The van der Waals surface area contributed by atoms with E-state index in [9.17, 15) is 9.59 Å². The van der Waals surface area contributed by atoms with E-state index in [1.807, 2.05) is 0 Å². The minimum Gasteiger partial charge on any atom is -0.481 e. The Morgan fingerprint density at radius 3 is 2.88 bits per heavy atom. The molecule has 0 bridgehead atoms. The van der Waals surface area contributed by atoms with E-state index in [1.165, 1.54) is 12.0 Å². The number of hydrogen-bond acceptors (Lipinski definition) is 6. The average Bonchev–Trinajstić information content (AvgIpc) is 3.38. The molecule has 2 aromatic rings. The summed E-state index contributed by atoms with van der Waals surface area (Å²) < 4.78 is 10.3. The zero-order chi connectivity index (χ0) is 17.4. The molecule has 0 radical (unpaired) electrons. The first-order valence-corrected chi connectivity index (χ1v) is 8.22. The highest BCUT2D eigenvalue weighted by atomic mass is 16.5. The third-order valence-electron chi connectivity index (χ3n) is 4.47. The van der Waals surface area contributed by atoms with Gasteiger partial charge in [-0.1, -0.05) is 5.16 Å². The van der Waals surface area contributed by atoms with Crippen molar-refractivity contribution in [3.05, 3.63) is 35.9 Å². The Morgan fingerprint density at radius 2 is 2.16 bits per heavy atom. The van der Waals surface area contributed by atoms with Crippen LogP contribution in [0, 0.1) is 0 Å². The molecule has 2 aromatic heterocycles. The van der Waals surface area contributed by atoms with Crippen LogP contribution in [0.4, 0.5) is 5.69 Å². The number of ether oxygens (including phenoxy) is 1. The second kappa shape index (κ2) is 6.19. The zero-order valence-corrected chi connectivity index (χ0v) is 13.8. The Bertz CT molecular complexity index is 814. The van der Waals surface area contributed by atoms with Crippen molar-refractivity contribution >= 4 is 17.5 Å². The quantitative estimate of drug-likeness (QED) is 0.835. The molecule has 0 unspecified atom stereocenters. The first kappa shape index (κ1) is 15.6. The molecular formula is C17H18N4O4. The van der Waals surface area contributed by atoms with Gasteiger partial charge in [0.15, 0.2) is 5.69 Å². The van der Waals surface area contributed by atoms with Gasteiger partial charge in [-0.05, 0) is 18.9 Å². The van der Waals surface area contributed by atoms with E-state index in [4.69, 9.17) is 9.26 Å². The van der Waals surface area contributed by atoms with E-state index in [1.54, 1.807) is 29.3 Å². The molecule has 0 N–H and O–H groups in total. The second-order valence-electron chi connectivity index (χ2n) is 6.22. The fourth-order valence-corrected chi connectivity index (χ4v) is 2.91. The van der Waals surface area contributed by atoms with Crippen LogP contribution in [0.15, 0.2) is 28.9 Å². The normalized spacial score (nSPS) is 17.7. The standard InChI is InChI=1S/C17H18N4O4/c1-24-15-8-12(4-5-18-15)21-7-6-20(10-16(21)22)17(23)13-9-14(25-19-13)11-2-3-11/h4-5,8-9,11H,2-3,6-7,10H2,1H3. The van der Waals surface area contributed by atoms with Crippen LogP contribution >= 0.6 is 0 Å². The van der Waals surface area contributed by atoms with Crippen LogP contribution in [0.1, 0.15) is 35.0 Å². The monoisotopic (exact) mass is 342 g/mol. The van der Waals surface area contributed by atoms with E-state index in [-0.39, 0.29) is 24.1 Å². The van der Waals surface area contributed by atoms with Crippen LogP contribution in [-0.2, 0) is 4.79 Å². The Hall–Kier alpha value is -2.90. The highest BCUT2D eigenvalue weighted by Gasteiger charge is 2.32. The van der Waals surface area contributed by atoms with Crippen LogP contribution in [0.5, 0.6) is 5.88 Å². The van der Waals surface area contributed by atoms with E-state index in [0.29, 0.717) is 30.6 Å². The van der Waals surface area contributed by atoms with Crippen molar-refractivity contribution in [1.82, 2.24) is 15.0 Å². The summed E-state index contributed by atoms with van der Waals surface area (Å²) in [5.74, 6) is 1.18. The first-order chi connectivity index (χ1) is 12.2. The van der Waals surface area contributed by atoms with Crippen molar-refractivity contribution in [1.29, 1.82) is 0 Å². The average molecular weight is 342 g/mol. The lowest BCUT2D eigenvalue weighted by Gasteiger charge is -2.33. The molecule has 4 rings (SSSR count). The number of hydrogen-bond donors (Lipinski definition) is 0. The summed E-state index contributed by atoms with van der Waals surface area (Å²) in [6, 6.07) is 5.15. The summed E-state index contributed by atoms with van der Waals surface area (Å²) >= 11 is 0. The molecule has 0 atom stereocenters. The van der Waals surface area contributed by atoms with Gasteiger partial charge in [0.2, 0.25) is 11.8 Å². The number of methoxy groups -OCH3 is 1. The first-order valence-electron chi connectivity index (χ1n) is 8.22. The predicted octanol–water partition coefficient (Wildman–Crippen LogP) is 1.44. The minimum atomic E-state index is -0.268. The highest BCUT2D eigenvalue weighted by molar-refractivity contribution is 6.01. The lowest BCUT2D eigenvalue weighted by atomic mass is 10.2. The van der Waals surface area contributed by atoms with Crippen molar-refractivity contribution in [2.75, 3.05) is 31.6 Å². The number of piperazine rings is 1.